The molecule has 0 radical (unpaired) electrons. The van der Waals surface area contributed by atoms with Gasteiger partial charge in [0.25, 0.3) is 5.91 Å². The monoisotopic (exact) mass is 386 g/mol. The zero-order valence-electron chi connectivity index (χ0n) is 15.0. The molecule has 1 N–H and O–H groups in total. The summed E-state index contributed by atoms with van der Waals surface area (Å²) in [7, 11) is 2.97. The van der Waals surface area contributed by atoms with E-state index in [-0.39, 0.29) is 24.8 Å². The van der Waals surface area contributed by atoms with Gasteiger partial charge in [0, 0.05) is 41.9 Å². The zero-order valence-corrected chi connectivity index (χ0v) is 15.8. The summed E-state index contributed by atoms with van der Waals surface area (Å²) in [5.41, 5.74) is 2.45. The van der Waals surface area contributed by atoms with E-state index in [1.54, 1.807) is 24.3 Å². The molecule has 0 saturated carbocycles. The molecular formula is C20H19ClN2O4. The summed E-state index contributed by atoms with van der Waals surface area (Å²) in [5.74, 6) is 0.429. The third kappa shape index (κ3) is 3.61. The van der Waals surface area contributed by atoms with E-state index in [1.165, 1.54) is 19.1 Å². The Balaban J connectivity index is 1.68. The Bertz CT molecular complexity index is 891. The molecule has 0 aliphatic carbocycles. The number of rotatable bonds is 6. The Labute approximate surface area is 162 Å². The van der Waals surface area contributed by atoms with Crippen LogP contribution in [0, 0.1) is 0 Å². The van der Waals surface area contributed by atoms with Gasteiger partial charge in [0.05, 0.1) is 24.9 Å². The Morgan fingerprint density at radius 1 is 1.15 bits per heavy atom. The molecule has 2 aromatic carbocycles. The van der Waals surface area contributed by atoms with Crippen molar-refractivity contribution < 1.29 is 19.1 Å². The van der Waals surface area contributed by atoms with Gasteiger partial charge >= 0.3 is 0 Å². The third-order valence-corrected chi connectivity index (χ3v) is 4.65. The first-order valence-corrected chi connectivity index (χ1v) is 8.65. The molecule has 2 amide bonds. The Kier molecular flexibility index (Phi) is 5.37. The lowest BCUT2D eigenvalue weighted by Gasteiger charge is -2.18. The second kappa shape index (κ2) is 7.72. The number of halogens is 1. The predicted octanol–water partition coefficient (Wildman–Crippen LogP) is 3.81. The van der Waals surface area contributed by atoms with Crippen molar-refractivity contribution >= 4 is 34.8 Å². The number of amides is 2. The van der Waals surface area contributed by atoms with E-state index in [9.17, 15) is 9.59 Å². The summed E-state index contributed by atoms with van der Waals surface area (Å²) < 4.78 is 10.4. The Morgan fingerprint density at radius 2 is 1.81 bits per heavy atom. The van der Waals surface area contributed by atoms with Crippen LogP contribution in [0.2, 0.25) is 5.02 Å². The second-order valence-corrected chi connectivity index (χ2v) is 6.34. The van der Waals surface area contributed by atoms with Gasteiger partial charge in [0.15, 0.2) is 0 Å². The highest BCUT2D eigenvalue weighted by Gasteiger charge is 2.30. The van der Waals surface area contributed by atoms with Gasteiger partial charge < -0.3 is 19.7 Å². The van der Waals surface area contributed by atoms with Gasteiger partial charge in [-0.05, 0) is 6.07 Å². The standard InChI is InChI=1S/C20H19ClN2O4/c1-12-13-6-4-5-7-14(13)20(25)23(12)9-8-19(24)22-16-11-17(26-2)15(21)10-18(16)27-3/h4-7,10-11H,1,8-9H2,2-3H3,(H,22,24). The van der Waals surface area contributed by atoms with Crippen molar-refractivity contribution in [3.63, 3.8) is 0 Å². The molecule has 7 heteroatoms. The molecule has 0 spiro atoms. The van der Waals surface area contributed by atoms with Crippen molar-refractivity contribution in [1.82, 2.24) is 4.90 Å². The van der Waals surface area contributed by atoms with Crippen molar-refractivity contribution in [3.05, 3.63) is 59.1 Å². The molecule has 140 valence electrons. The van der Waals surface area contributed by atoms with Crippen LogP contribution in [-0.2, 0) is 4.79 Å². The highest BCUT2D eigenvalue weighted by Crippen LogP contribution is 2.36. The number of nitrogens with zero attached hydrogens (tertiary/aromatic N) is 1. The molecule has 1 aliphatic rings. The van der Waals surface area contributed by atoms with E-state index in [0.717, 1.165) is 5.56 Å². The van der Waals surface area contributed by atoms with Gasteiger partial charge in [0.1, 0.15) is 11.5 Å². The van der Waals surface area contributed by atoms with Crippen molar-refractivity contribution in [1.29, 1.82) is 0 Å². The van der Waals surface area contributed by atoms with E-state index < -0.39 is 0 Å². The van der Waals surface area contributed by atoms with Gasteiger partial charge in [-0.2, -0.15) is 0 Å². The number of ether oxygens (including phenoxy) is 2. The number of anilines is 1. The molecule has 0 fully saturated rings. The summed E-state index contributed by atoms with van der Waals surface area (Å²) in [4.78, 5) is 26.4. The maximum atomic E-state index is 12.5. The largest absolute Gasteiger partial charge is 0.495 e. The van der Waals surface area contributed by atoms with E-state index in [1.807, 2.05) is 12.1 Å². The summed E-state index contributed by atoms with van der Waals surface area (Å²) >= 11 is 6.07. The zero-order chi connectivity index (χ0) is 19.6. The first kappa shape index (κ1) is 18.8. The van der Waals surface area contributed by atoms with E-state index in [2.05, 4.69) is 11.9 Å². The van der Waals surface area contributed by atoms with Crippen LogP contribution < -0.4 is 14.8 Å². The molecule has 0 saturated heterocycles. The lowest BCUT2D eigenvalue weighted by atomic mass is 10.1. The van der Waals surface area contributed by atoms with Gasteiger partial charge in [0.2, 0.25) is 5.91 Å². The topological polar surface area (TPSA) is 67.9 Å². The number of carbonyl (C=O) groups excluding carboxylic acids is 2. The number of carbonyl (C=O) groups is 2. The summed E-state index contributed by atoms with van der Waals surface area (Å²) in [6.07, 6.45) is 0.104. The second-order valence-electron chi connectivity index (χ2n) is 5.93. The van der Waals surface area contributed by atoms with Gasteiger partial charge in [-0.1, -0.05) is 36.4 Å². The minimum absolute atomic E-state index is 0.104. The smallest absolute Gasteiger partial charge is 0.258 e. The molecule has 0 atom stereocenters. The van der Waals surface area contributed by atoms with Crippen LogP contribution in [0.1, 0.15) is 22.3 Å². The minimum Gasteiger partial charge on any atom is -0.495 e. The number of fused-ring (bicyclic) bond motifs is 1. The van der Waals surface area contributed by atoms with Crippen LogP contribution in [0.5, 0.6) is 11.5 Å². The molecule has 2 aromatic rings. The predicted molar refractivity (Wildman–Crippen MR) is 104 cm³/mol. The van der Waals surface area contributed by atoms with Crippen LogP contribution in [0.4, 0.5) is 5.69 Å². The Hall–Kier alpha value is -2.99. The molecular weight excluding hydrogens is 368 g/mol. The fourth-order valence-corrected chi connectivity index (χ4v) is 3.19. The molecule has 0 bridgehead atoms. The first-order chi connectivity index (χ1) is 13.0. The lowest BCUT2D eigenvalue weighted by molar-refractivity contribution is -0.116. The number of hydrogen-bond acceptors (Lipinski definition) is 4. The normalized spacial score (nSPS) is 12.8. The molecule has 3 rings (SSSR count). The maximum absolute atomic E-state index is 12.5. The summed E-state index contributed by atoms with van der Waals surface area (Å²) in [6.45, 7) is 4.20. The highest BCUT2D eigenvalue weighted by molar-refractivity contribution is 6.32. The van der Waals surface area contributed by atoms with Crippen LogP contribution in [0.15, 0.2) is 43.0 Å². The number of methoxy groups -OCH3 is 2. The van der Waals surface area contributed by atoms with Crippen LogP contribution in [0.25, 0.3) is 5.70 Å². The van der Waals surface area contributed by atoms with Crippen molar-refractivity contribution in [2.45, 2.75) is 6.42 Å². The quantitative estimate of drug-likeness (QED) is 0.819. The summed E-state index contributed by atoms with van der Waals surface area (Å²) in [6, 6.07) is 10.4. The van der Waals surface area contributed by atoms with Crippen molar-refractivity contribution in [2.75, 3.05) is 26.1 Å². The molecule has 0 aromatic heterocycles. The van der Waals surface area contributed by atoms with Crippen molar-refractivity contribution in [3.8, 4) is 11.5 Å². The van der Waals surface area contributed by atoms with E-state index >= 15 is 0 Å². The summed E-state index contributed by atoms with van der Waals surface area (Å²) in [5, 5.41) is 3.15. The average Bonchev–Trinajstić information content (AvgIpc) is 2.92. The molecule has 0 unspecified atom stereocenters. The fraction of sp³-hybridized carbons (Fsp3) is 0.200. The van der Waals surface area contributed by atoms with E-state index in [4.69, 9.17) is 21.1 Å². The fourth-order valence-electron chi connectivity index (χ4n) is 2.96. The molecule has 27 heavy (non-hydrogen) atoms. The number of benzene rings is 2. The minimum atomic E-state index is -0.269. The highest BCUT2D eigenvalue weighted by atomic mass is 35.5. The molecule has 6 nitrogen and oxygen atoms in total. The van der Waals surface area contributed by atoms with Gasteiger partial charge in [-0.3, -0.25) is 9.59 Å². The van der Waals surface area contributed by atoms with E-state index in [0.29, 0.717) is 33.5 Å². The Morgan fingerprint density at radius 3 is 2.44 bits per heavy atom. The van der Waals surface area contributed by atoms with Crippen LogP contribution >= 0.6 is 11.6 Å². The molecule has 1 aliphatic heterocycles. The van der Waals surface area contributed by atoms with Gasteiger partial charge in [-0.15, -0.1) is 0 Å². The van der Waals surface area contributed by atoms with Crippen LogP contribution in [0.3, 0.4) is 0 Å². The van der Waals surface area contributed by atoms with Crippen LogP contribution in [-0.4, -0.2) is 37.5 Å². The molecule has 1 heterocycles. The average molecular weight is 387 g/mol. The first-order valence-electron chi connectivity index (χ1n) is 8.27. The van der Waals surface area contributed by atoms with Crippen molar-refractivity contribution in [2.24, 2.45) is 0 Å². The SMILES string of the molecule is C=C1c2ccccc2C(=O)N1CCC(=O)Nc1cc(OC)c(Cl)cc1OC. The maximum Gasteiger partial charge on any atom is 0.258 e. The lowest BCUT2D eigenvalue weighted by Crippen LogP contribution is -2.27. The van der Waals surface area contributed by atoms with Gasteiger partial charge in [-0.25, -0.2) is 0 Å². The third-order valence-electron chi connectivity index (χ3n) is 4.35. The number of hydrogen-bond donors (Lipinski definition) is 1. The number of nitrogens with one attached hydrogen (secondary N) is 1.